The summed E-state index contributed by atoms with van der Waals surface area (Å²) in [7, 11) is -1.81. The van der Waals surface area contributed by atoms with E-state index in [1.807, 2.05) is 27.7 Å². The third kappa shape index (κ3) is 12.5. The number of carbonyl (C=O) groups excluding carboxylic acids is 4. The normalized spacial score (nSPS) is 12.8. The van der Waals surface area contributed by atoms with Gasteiger partial charge in [0.2, 0.25) is 0 Å². The number of esters is 4. The molecular weight excluding hydrogens is 600 g/mol. The second-order valence-electron chi connectivity index (χ2n) is 13.5. The molecule has 0 saturated carbocycles. The average Bonchev–Trinajstić information content (AvgIpc) is 2.91. The Bertz CT molecular complexity index is 1210. The van der Waals surface area contributed by atoms with Gasteiger partial charge in [-0.15, -0.1) is 0 Å². The number of carbonyl (C=O) groups is 4. The lowest BCUT2D eigenvalue weighted by atomic mass is 9.93. The molecule has 1 rings (SSSR count). The Morgan fingerprint density at radius 3 is 1.23 bits per heavy atom. The van der Waals surface area contributed by atoms with Crippen LogP contribution < -0.4 is 0 Å². The van der Waals surface area contributed by atoms with E-state index in [1.165, 1.54) is 41.9 Å². The molecule has 0 radical (unpaired) electrons. The minimum atomic E-state index is -4.87. The van der Waals surface area contributed by atoms with Crippen molar-refractivity contribution in [3.8, 4) is 0 Å². The fourth-order valence-electron chi connectivity index (χ4n) is 3.54. The van der Waals surface area contributed by atoms with E-state index < -0.39 is 84.9 Å². The highest BCUT2D eigenvalue weighted by Gasteiger charge is 2.35. The van der Waals surface area contributed by atoms with Crippen LogP contribution in [0, 0.1) is 21.7 Å². The summed E-state index contributed by atoms with van der Waals surface area (Å²) in [5.74, 6) is -3.44. The van der Waals surface area contributed by atoms with Crippen molar-refractivity contribution in [1.29, 1.82) is 0 Å². The first-order chi connectivity index (χ1) is 20.0. The Morgan fingerprint density at radius 2 is 0.932 bits per heavy atom. The molecule has 13 nitrogen and oxygen atoms in total. The number of hydrogen-bond acceptors (Lipinski definition) is 12. The van der Waals surface area contributed by atoms with E-state index in [1.54, 1.807) is 0 Å². The van der Waals surface area contributed by atoms with Crippen LogP contribution in [0.5, 0.6) is 0 Å². The van der Waals surface area contributed by atoms with Gasteiger partial charge in [-0.2, -0.15) is 8.42 Å². The van der Waals surface area contributed by atoms with Crippen LogP contribution >= 0.6 is 0 Å². The smallest absolute Gasteiger partial charge is 0.338 e. The Morgan fingerprint density at radius 1 is 0.591 bits per heavy atom. The first-order valence-corrected chi connectivity index (χ1v) is 15.2. The van der Waals surface area contributed by atoms with Crippen molar-refractivity contribution in [1.82, 2.24) is 0 Å². The van der Waals surface area contributed by atoms with Gasteiger partial charge in [0.1, 0.15) is 13.2 Å². The molecule has 0 bridgehead atoms. The molecule has 14 heteroatoms. The first kappa shape index (κ1) is 39.0. The summed E-state index contributed by atoms with van der Waals surface area (Å²) in [4.78, 5) is 50.3. The van der Waals surface area contributed by atoms with Gasteiger partial charge in [-0.1, -0.05) is 27.7 Å². The molecule has 0 saturated heterocycles. The summed E-state index contributed by atoms with van der Waals surface area (Å²) < 4.78 is 64.9. The summed E-state index contributed by atoms with van der Waals surface area (Å²) in [5.41, 5.74) is -4.27. The largest absolute Gasteiger partial charge is 0.465 e. The molecular formula is C30H46O13S. The van der Waals surface area contributed by atoms with Gasteiger partial charge in [0.05, 0.1) is 53.3 Å². The maximum atomic E-state index is 12.9. The van der Waals surface area contributed by atoms with Crippen molar-refractivity contribution < 1.29 is 60.6 Å². The van der Waals surface area contributed by atoms with Gasteiger partial charge >= 0.3 is 23.9 Å². The Labute approximate surface area is 259 Å². The van der Waals surface area contributed by atoms with Gasteiger partial charge < -0.3 is 28.4 Å². The predicted octanol–water partition coefficient (Wildman–Crippen LogP) is 3.73. The highest BCUT2D eigenvalue weighted by Crippen LogP contribution is 2.25. The molecule has 0 amide bonds. The summed E-state index contributed by atoms with van der Waals surface area (Å²) >= 11 is 0. The monoisotopic (exact) mass is 646 g/mol. The minimum Gasteiger partial charge on any atom is -0.465 e. The summed E-state index contributed by atoms with van der Waals surface area (Å²) in [6.45, 7) is 13.3. The molecule has 0 atom stereocenters. The molecule has 0 unspecified atom stereocenters. The van der Waals surface area contributed by atoms with Crippen LogP contribution in [0.4, 0.5) is 0 Å². The molecule has 0 aliphatic rings. The molecule has 1 aromatic rings. The molecule has 1 aromatic carbocycles. The lowest BCUT2D eigenvalue weighted by molar-refractivity contribution is -0.161. The number of methoxy groups -OCH3 is 2. The third-order valence-corrected chi connectivity index (χ3v) is 7.00. The second-order valence-corrected chi connectivity index (χ2v) is 14.9. The minimum absolute atomic E-state index is 0.0548. The van der Waals surface area contributed by atoms with Crippen LogP contribution in [0.2, 0.25) is 0 Å². The molecule has 44 heavy (non-hydrogen) atoms. The maximum Gasteiger partial charge on any atom is 0.338 e. The van der Waals surface area contributed by atoms with Crippen LogP contribution in [0.1, 0.15) is 76.1 Å². The summed E-state index contributed by atoms with van der Waals surface area (Å²) in [6, 6.07) is 2.64. The Kier molecular flexibility index (Phi) is 13.5. The van der Waals surface area contributed by atoms with E-state index in [9.17, 15) is 32.1 Å². The first-order valence-electron chi connectivity index (χ1n) is 13.8. The van der Waals surface area contributed by atoms with E-state index in [0.717, 1.165) is 18.2 Å². The molecule has 0 spiro atoms. The molecule has 0 aromatic heterocycles. The number of benzene rings is 1. The third-order valence-electron chi connectivity index (χ3n) is 6.17. The molecule has 1 N–H and O–H groups in total. The van der Waals surface area contributed by atoms with E-state index in [2.05, 4.69) is 0 Å². The van der Waals surface area contributed by atoms with Crippen LogP contribution in [0.15, 0.2) is 23.1 Å². The quantitative estimate of drug-likeness (QED) is 0.147. The fourth-order valence-corrected chi connectivity index (χ4v) is 4.09. The van der Waals surface area contributed by atoms with Crippen LogP contribution in [0.25, 0.3) is 0 Å². The van der Waals surface area contributed by atoms with E-state index in [-0.39, 0.29) is 13.2 Å². The van der Waals surface area contributed by atoms with Crippen LogP contribution in [-0.4, -0.2) is 90.7 Å². The maximum absolute atomic E-state index is 12.9. The van der Waals surface area contributed by atoms with Gasteiger partial charge in [-0.3, -0.25) is 14.1 Å². The van der Waals surface area contributed by atoms with Crippen LogP contribution in [-0.2, 0) is 48.1 Å². The van der Waals surface area contributed by atoms with Gasteiger partial charge in [0.15, 0.2) is 0 Å². The zero-order valence-corrected chi connectivity index (χ0v) is 28.0. The van der Waals surface area contributed by atoms with Crippen molar-refractivity contribution in [2.75, 3.05) is 53.9 Å². The number of hydrogen-bond donors (Lipinski definition) is 1. The molecule has 0 fully saturated rings. The van der Waals surface area contributed by atoms with Gasteiger partial charge in [-0.25, -0.2) is 9.59 Å². The van der Waals surface area contributed by atoms with E-state index in [4.69, 9.17) is 28.4 Å². The standard InChI is InChI=1S/C30H46O13S/c1-27(2,14-38-9)16-42-25(33)29(5,6)18-40-23(31)20-11-21(13-22(12-20)44(35,36)37)24(32)41-19-30(7,8)26(34)43-17-28(3,4)15-39-10/h11-13H,14-19H2,1-10H3,(H,35,36,37). The molecule has 0 aliphatic heterocycles. The SMILES string of the molecule is COCC(C)(C)COC(=O)C(C)(C)COC(=O)c1cc(C(=O)OCC(C)(C)C(=O)OCC(C)(C)COC)cc(S(=O)(=O)O)c1. The molecule has 0 heterocycles. The second kappa shape index (κ2) is 15.3. The van der Waals surface area contributed by atoms with E-state index >= 15 is 0 Å². The highest BCUT2D eigenvalue weighted by atomic mass is 32.2. The molecule has 250 valence electrons. The van der Waals surface area contributed by atoms with Crippen LogP contribution in [0.3, 0.4) is 0 Å². The summed E-state index contributed by atoms with van der Waals surface area (Å²) in [6.07, 6.45) is 0. The van der Waals surface area contributed by atoms with Crippen molar-refractivity contribution in [2.45, 2.75) is 60.3 Å². The highest BCUT2D eigenvalue weighted by molar-refractivity contribution is 7.85. The topological polar surface area (TPSA) is 178 Å². The lowest BCUT2D eigenvalue weighted by Crippen LogP contribution is -2.36. The van der Waals surface area contributed by atoms with Gasteiger partial charge in [0, 0.05) is 25.0 Å². The zero-order valence-electron chi connectivity index (χ0n) is 27.2. The van der Waals surface area contributed by atoms with Gasteiger partial charge in [-0.05, 0) is 45.9 Å². The van der Waals surface area contributed by atoms with Crippen molar-refractivity contribution >= 4 is 34.0 Å². The van der Waals surface area contributed by atoms with Crippen molar-refractivity contribution in [3.63, 3.8) is 0 Å². The van der Waals surface area contributed by atoms with E-state index in [0.29, 0.717) is 13.2 Å². The number of ether oxygens (including phenoxy) is 6. The number of rotatable bonds is 17. The van der Waals surface area contributed by atoms with Gasteiger partial charge in [0.25, 0.3) is 10.1 Å². The lowest BCUT2D eigenvalue weighted by Gasteiger charge is -2.27. The predicted molar refractivity (Wildman–Crippen MR) is 158 cm³/mol. The van der Waals surface area contributed by atoms with Crippen molar-refractivity contribution in [2.24, 2.45) is 21.7 Å². The average molecular weight is 647 g/mol. The fraction of sp³-hybridized carbons (Fsp3) is 0.667. The zero-order chi connectivity index (χ0) is 34.1. The molecule has 0 aliphatic carbocycles. The summed E-state index contributed by atoms with van der Waals surface area (Å²) in [5, 5.41) is 0. The van der Waals surface area contributed by atoms with Crippen molar-refractivity contribution in [3.05, 3.63) is 29.3 Å². The Balaban J connectivity index is 3.04. The Hall–Kier alpha value is -3.07.